The minimum absolute atomic E-state index is 0.00741. The van der Waals surface area contributed by atoms with Crippen LogP contribution in [0.25, 0.3) is 0 Å². The maximum Gasteiger partial charge on any atom is 0.330 e. The number of furan rings is 1. The third kappa shape index (κ3) is 3.16. The zero-order valence-electron chi connectivity index (χ0n) is 13.8. The number of hydrogen-bond donors (Lipinski definition) is 0. The molecule has 1 saturated heterocycles. The first-order valence-corrected chi connectivity index (χ1v) is 8.33. The maximum atomic E-state index is 12.7. The van der Waals surface area contributed by atoms with Gasteiger partial charge in [0.2, 0.25) is 5.91 Å². The smallest absolute Gasteiger partial charge is 0.330 e. The molecule has 0 radical (unpaired) electrons. The van der Waals surface area contributed by atoms with Crippen molar-refractivity contribution in [2.75, 3.05) is 26.7 Å². The summed E-state index contributed by atoms with van der Waals surface area (Å²) in [5.41, 5.74) is 0. The van der Waals surface area contributed by atoms with E-state index >= 15 is 0 Å². The highest BCUT2D eigenvalue weighted by molar-refractivity contribution is 5.93. The molecule has 130 valence electrons. The van der Waals surface area contributed by atoms with Gasteiger partial charge in [0, 0.05) is 19.0 Å². The van der Waals surface area contributed by atoms with Crippen molar-refractivity contribution in [1.82, 2.24) is 9.80 Å². The van der Waals surface area contributed by atoms with Crippen LogP contribution in [-0.4, -0.2) is 60.4 Å². The Morgan fingerprint density at radius 2 is 1.96 bits per heavy atom. The van der Waals surface area contributed by atoms with Crippen molar-refractivity contribution in [1.29, 1.82) is 0 Å². The van der Waals surface area contributed by atoms with Crippen molar-refractivity contribution < 1.29 is 23.5 Å². The molecule has 0 N–H and O–H groups in total. The number of esters is 1. The lowest BCUT2D eigenvalue weighted by atomic mass is 10.0. The summed E-state index contributed by atoms with van der Waals surface area (Å²) in [5, 5.41) is 0. The molecule has 7 nitrogen and oxygen atoms in total. The summed E-state index contributed by atoms with van der Waals surface area (Å²) < 4.78 is 10.00. The Morgan fingerprint density at radius 1 is 1.21 bits per heavy atom. The molecule has 2 heterocycles. The molecule has 7 heteroatoms. The van der Waals surface area contributed by atoms with E-state index in [2.05, 4.69) is 0 Å². The Labute approximate surface area is 140 Å². The van der Waals surface area contributed by atoms with Gasteiger partial charge in [-0.15, -0.1) is 0 Å². The second kappa shape index (κ2) is 7.07. The summed E-state index contributed by atoms with van der Waals surface area (Å²) in [5.74, 6) is -0.535. The number of nitrogens with zero attached hydrogens (tertiary/aromatic N) is 2. The first-order chi connectivity index (χ1) is 11.6. The van der Waals surface area contributed by atoms with Crippen molar-refractivity contribution >= 4 is 17.8 Å². The van der Waals surface area contributed by atoms with Crippen LogP contribution in [0, 0.1) is 5.92 Å². The van der Waals surface area contributed by atoms with Crippen LogP contribution in [-0.2, 0) is 14.3 Å². The van der Waals surface area contributed by atoms with Crippen LogP contribution in [0.2, 0.25) is 0 Å². The number of piperazine rings is 1. The number of rotatable bonds is 3. The molecule has 2 amide bonds. The van der Waals surface area contributed by atoms with Gasteiger partial charge in [-0.25, -0.2) is 4.79 Å². The molecule has 0 spiro atoms. The van der Waals surface area contributed by atoms with E-state index in [1.54, 1.807) is 21.9 Å². The molecule has 1 unspecified atom stereocenters. The minimum atomic E-state index is -0.754. The highest BCUT2D eigenvalue weighted by Crippen LogP contribution is 2.28. The topological polar surface area (TPSA) is 80.1 Å². The second-order valence-corrected chi connectivity index (χ2v) is 6.28. The fraction of sp³-hybridized carbons (Fsp3) is 0.588. The Bertz CT molecular complexity index is 607. The average molecular weight is 334 g/mol. The Balaban J connectivity index is 1.74. The molecule has 24 heavy (non-hydrogen) atoms. The molecule has 0 bridgehead atoms. The van der Waals surface area contributed by atoms with Gasteiger partial charge in [-0.2, -0.15) is 0 Å². The quantitative estimate of drug-likeness (QED) is 0.778. The van der Waals surface area contributed by atoms with Gasteiger partial charge in [-0.1, -0.05) is 12.8 Å². The number of carbonyl (C=O) groups is 3. The monoisotopic (exact) mass is 334 g/mol. The Hall–Kier alpha value is -2.31. The molecule has 2 aliphatic rings. The van der Waals surface area contributed by atoms with Gasteiger partial charge in [0.15, 0.2) is 5.76 Å². The summed E-state index contributed by atoms with van der Waals surface area (Å²) in [6.07, 6.45) is 5.29. The molecule has 3 rings (SSSR count). The number of methoxy groups -OCH3 is 1. The predicted molar refractivity (Wildman–Crippen MR) is 84.1 cm³/mol. The summed E-state index contributed by atoms with van der Waals surface area (Å²) in [7, 11) is 1.30. The lowest BCUT2D eigenvalue weighted by Gasteiger charge is -2.40. The van der Waals surface area contributed by atoms with Crippen molar-refractivity contribution in [3.05, 3.63) is 24.2 Å². The van der Waals surface area contributed by atoms with Gasteiger partial charge in [0.1, 0.15) is 6.04 Å². The van der Waals surface area contributed by atoms with Crippen molar-refractivity contribution in [2.24, 2.45) is 5.92 Å². The number of ether oxygens (including phenoxy) is 1. The predicted octanol–water partition coefficient (Wildman–Crippen LogP) is 1.30. The van der Waals surface area contributed by atoms with Gasteiger partial charge in [-0.05, 0) is 25.0 Å². The standard InChI is InChI=1S/C17H22N2O5/c1-23-17(22)13-11-18(16(21)14-7-4-10-24-14)8-9-19(13)15(20)12-5-2-3-6-12/h4,7,10,12-13H,2-3,5-6,8-9,11H2,1H3. The molecule has 1 aromatic heterocycles. The van der Waals surface area contributed by atoms with Gasteiger partial charge in [0.25, 0.3) is 5.91 Å². The van der Waals surface area contributed by atoms with Crippen LogP contribution in [0.3, 0.4) is 0 Å². The van der Waals surface area contributed by atoms with E-state index in [0.717, 1.165) is 25.7 Å². The van der Waals surface area contributed by atoms with Crippen molar-refractivity contribution in [3.63, 3.8) is 0 Å². The highest BCUT2D eigenvalue weighted by atomic mass is 16.5. The number of carbonyl (C=O) groups excluding carboxylic acids is 3. The third-order valence-corrected chi connectivity index (χ3v) is 4.86. The van der Waals surface area contributed by atoms with E-state index in [1.807, 2.05) is 0 Å². The van der Waals surface area contributed by atoms with Gasteiger partial charge in [-0.3, -0.25) is 9.59 Å². The van der Waals surface area contributed by atoms with Crippen molar-refractivity contribution in [3.8, 4) is 0 Å². The summed E-state index contributed by atoms with van der Waals surface area (Å²) >= 11 is 0. The zero-order chi connectivity index (χ0) is 17.1. The summed E-state index contributed by atoms with van der Waals surface area (Å²) in [4.78, 5) is 40.5. The molecule has 2 fully saturated rings. The minimum Gasteiger partial charge on any atom is -0.467 e. The SMILES string of the molecule is COC(=O)C1CN(C(=O)c2ccco2)CCN1C(=O)C1CCCC1. The Kier molecular flexibility index (Phi) is 4.87. The number of hydrogen-bond acceptors (Lipinski definition) is 5. The van der Waals surface area contributed by atoms with Crippen LogP contribution in [0.1, 0.15) is 36.2 Å². The normalized spacial score (nSPS) is 21.8. The van der Waals surface area contributed by atoms with Crippen LogP contribution >= 0.6 is 0 Å². The van der Waals surface area contributed by atoms with Crippen LogP contribution in [0.15, 0.2) is 22.8 Å². The average Bonchev–Trinajstić information content (AvgIpc) is 3.32. The molecular formula is C17H22N2O5. The molecule has 1 aromatic rings. The third-order valence-electron chi connectivity index (χ3n) is 4.86. The zero-order valence-corrected chi connectivity index (χ0v) is 13.8. The largest absolute Gasteiger partial charge is 0.467 e. The summed E-state index contributed by atoms with van der Waals surface area (Å²) in [6.45, 7) is 0.845. The van der Waals surface area contributed by atoms with Gasteiger partial charge >= 0.3 is 5.97 Å². The molecular weight excluding hydrogens is 312 g/mol. The highest BCUT2D eigenvalue weighted by Gasteiger charge is 2.40. The van der Waals surface area contributed by atoms with E-state index < -0.39 is 12.0 Å². The maximum absolute atomic E-state index is 12.7. The van der Waals surface area contributed by atoms with Gasteiger partial charge in [0.05, 0.1) is 19.9 Å². The summed E-state index contributed by atoms with van der Waals surface area (Å²) in [6, 6.07) is 2.48. The molecule has 1 saturated carbocycles. The fourth-order valence-electron chi connectivity index (χ4n) is 3.53. The number of amides is 2. The molecule has 1 aliphatic carbocycles. The van der Waals surface area contributed by atoms with E-state index in [0.29, 0.717) is 13.1 Å². The first kappa shape index (κ1) is 16.5. The van der Waals surface area contributed by atoms with E-state index in [9.17, 15) is 14.4 Å². The lowest BCUT2D eigenvalue weighted by Crippen LogP contribution is -2.60. The van der Waals surface area contributed by atoms with Crippen LogP contribution in [0.4, 0.5) is 0 Å². The van der Waals surface area contributed by atoms with Gasteiger partial charge < -0.3 is 19.0 Å². The van der Waals surface area contributed by atoms with E-state index in [4.69, 9.17) is 9.15 Å². The second-order valence-electron chi connectivity index (χ2n) is 6.28. The fourth-order valence-corrected chi connectivity index (χ4v) is 3.53. The van der Waals surface area contributed by atoms with E-state index in [1.165, 1.54) is 13.4 Å². The molecule has 1 aliphatic heterocycles. The van der Waals surface area contributed by atoms with Crippen LogP contribution in [0.5, 0.6) is 0 Å². The van der Waals surface area contributed by atoms with Crippen LogP contribution < -0.4 is 0 Å². The van der Waals surface area contributed by atoms with Crippen molar-refractivity contribution in [2.45, 2.75) is 31.7 Å². The molecule has 0 aromatic carbocycles. The Morgan fingerprint density at radius 3 is 2.58 bits per heavy atom. The lowest BCUT2D eigenvalue weighted by molar-refractivity contribution is -0.157. The molecule has 1 atom stereocenters. The van der Waals surface area contributed by atoms with E-state index in [-0.39, 0.29) is 30.0 Å². The first-order valence-electron chi connectivity index (χ1n) is 8.33.